The minimum absolute atomic E-state index is 0.0226. The van der Waals surface area contributed by atoms with Crippen molar-refractivity contribution in [3.05, 3.63) is 0 Å². The van der Waals surface area contributed by atoms with Crippen molar-refractivity contribution in [3.63, 3.8) is 0 Å². The van der Waals surface area contributed by atoms with Crippen molar-refractivity contribution in [2.75, 3.05) is 13.1 Å². The SMILES string of the molecule is CC1(C)CNCC2(O1)SS2. The fraction of sp³-hybridized carbons (Fsp3) is 1.00. The van der Waals surface area contributed by atoms with Crippen LogP contribution in [0.2, 0.25) is 0 Å². The summed E-state index contributed by atoms with van der Waals surface area (Å²) >= 11 is 0. The van der Waals surface area contributed by atoms with Gasteiger partial charge < -0.3 is 10.1 Å². The lowest BCUT2D eigenvalue weighted by Crippen LogP contribution is -2.50. The van der Waals surface area contributed by atoms with Gasteiger partial charge in [-0.05, 0) is 35.4 Å². The average Bonchev–Trinajstić information content (AvgIpc) is 2.45. The Bertz CT molecular complexity index is 152. The van der Waals surface area contributed by atoms with Crippen molar-refractivity contribution in [2.24, 2.45) is 0 Å². The molecule has 0 aliphatic carbocycles. The molecule has 58 valence electrons. The Morgan fingerprint density at radius 1 is 1.30 bits per heavy atom. The number of rotatable bonds is 0. The van der Waals surface area contributed by atoms with E-state index in [2.05, 4.69) is 19.2 Å². The van der Waals surface area contributed by atoms with E-state index in [1.807, 2.05) is 21.6 Å². The molecule has 0 bridgehead atoms. The molecular weight excluding hydrogens is 166 g/mol. The maximum atomic E-state index is 5.84. The fourth-order valence-corrected chi connectivity index (χ4v) is 2.92. The molecule has 0 aromatic rings. The van der Waals surface area contributed by atoms with Crippen LogP contribution in [0.4, 0.5) is 0 Å². The van der Waals surface area contributed by atoms with Crippen LogP contribution in [0.25, 0.3) is 0 Å². The van der Waals surface area contributed by atoms with Crippen molar-refractivity contribution in [1.82, 2.24) is 5.32 Å². The van der Waals surface area contributed by atoms with E-state index in [4.69, 9.17) is 4.74 Å². The van der Waals surface area contributed by atoms with Crippen molar-refractivity contribution < 1.29 is 4.74 Å². The van der Waals surface area contributed by atoms with Gasteiger partial charge in [0.1, 0.15) is 0 Å². The minimum atomic E-state index is 0.0226. The Balaban J connectivity index is 2.04. The van der Waals surface area contributed by atoms with Crippen LogP contribution in [0.5, 0.6) is 0 Å². The minimum Gasteiger partial charge on any atom is -0.345 e. The summed E-state index contributed by atoms with van der Waals surface area (Å²) in [7, 11) is 3.65. The lowest BCUT2D eigenvalue weighted by Gasteiger charge is -2.34. The van der Waals surface area contributed by atoms with Crippen molar-refractivity contribution in [2.45, 2.75) is 23.7 Å². The summed E-state index contributed by atoms with van der Waals surface area (Å²) in [6.45, 7) is 6.21. The van der Waals surface area contributed by atoms with E-state index >= 15 is 0 Å². The van der Waals surface area contributed by atoms with Gasteiger partial charge in [-0.1, -0.05) is 0 Å². The fourth-order valence-electron chi connectivity index (χ4n) is 1.15. The highest BCUT2D eigenvalue weighted by Crippen LogP contribution is 2.66. The Morgan fingerprint density at radius 2 is 2.00 bits per heavy atom. The second-order valence-electron chi connectivity index (χ2n) is 3.31. The zero-order valence-electron chi connectivity index (χ0n) is 6.14. The highest BCUT2D eigenvalue weighted by Gasteiger charge is 2.53. The van der Waals surface area contributed by atoms with E-state index in [1.54, 1.807) is 0 Å². The summed E-state index contributed by atoms with van der Waals surface area (Å²) < 4.78 is 5.92. The summed E-state index contributed by atoms with van der Waals surface area (Å²) in [5.41, 5.74) is 0.0226. The number of hydrogen-bond acceptors (Lipinski definition) is 4. The van der Waals surface area contributed by atoms with Gasteiger partial charge in [-0.3, -0.25) is 0 Å². The van der Waals surface area contributed by atoms with Crippen LogP contribution in [-0.2, 0) is 4.74 Å². The summed E-state index contributed by atoms with van der Waals surface area (Å²) in [5.74, 6) is 0. The number of ether oxygens (including phenoxy) is 1. The van der Waals surface area contributed by atoms with Gasteiger partial charge in [0, 0.05) is 13.1 Å². The molecular formula is C6H11NOS2. The van der Waals surface area contributed by atoms with Crippen LogP contribution in [0, 0.1) is 0 Å². The summed E-state index contributed by atoms with van der Waals surface area (Å²) in [5, 5.41) is 3.36. The molecule has 0 amide bonds. The zero-order valence-corrected chi connectivity index (χ0v) is 7.77. The van der Waals surface area contributed by atoms with Gasteiger partial charge in [-0.2, -0.15) is 0 Å². The first-order valence-electron chi connectivity index (χ1n) is 3.40. The number of morpholine rings is 1. The molecule has 2 aliphatic rings. The van der Waals surface area contributed by atoms with Crippen molar-refractivity contribution in [3.8, 4) is 0 Å². The van der Waals surface area contributed by atoms with Gasteiger partial charge in [-0.25, -0.2) is 0 Å². The largest absolute Gasteiger partial charge is 0.345 e. The standard InChI is InChI=1S/C6H11NOS2/c1-5(2)3-7-4-6(8-5)9-10-6/h7H,3-4H2,1-2H3. The first-order chi connectivity index (χ1) is 4.62. The average molecular weight is 177 g/mol. The van der Waals surface area contributed by atoms with Crippen LogP contribution in [0.1, 0.15) is 13.8 Å². The molecule has 2 rings (SSSR count). The molecule has 4 heteroatoms. The van der Waals surface area contributed by atoms with E-state index in [9.17, 15) is 0 Å². The molecule has 10 heavy (non-hydrogen) atoms. The van der Waals surface area contributed by atoms with Crippen molar-refractivity contribution in [1.29, 1.82) is 0 Å². The van der Waals surface area contributed by atoms with E-state index < -0.39 is 0 Å². The first-order valence-corrected chi connectivity index (χ1v) is 5.55. The molecule has 0 aromatic carbocycles. The van der Waals surface area contributed by atoms with Crippen LogP contribution in [0.15, 0.2) is 0 Å². The second-order valence-corrected chi connectivity index (χ2v) is 6.23. The molecule has 0 atom stereocenters. The molecule has 0 aromatic heterocycles. The van der Waals surface area contributed by atoms with Gasteiger partial charge in [0.25, 0.3) is 0 Å². The highest BCUT2D eigenvalue weighted by atomic mass is 33.2. The zero-order chi connectivity index (χ0) is 7.24. The predicted octanol–water partition coefficient (Wildman–Crippen LogP) is 1.43. The highest BCUT2D eigenvalue weighted by molar-refractivity contribution is 8.93. The molecule has 2 nitrogen and oxygen atoms in total. The van der Waals surface area contributed by atoms with Crippen molar-refractivity contribution >= 4 is 21.6 Å². The molecule has 2 saturated heterocycles. The Kier molecular flexibility index (Phi) is 1.50. The molecule has 0 saturated carbocycles. The predicted molar refractivity (Wildman–Crippen MR) is 45.9 cm³/mol. The third-order valence-electron chi connectivity index (χ3n) is 1.59. The van der Waals surface area contributed by atoms with E-state index in [0.29, 0.717) is 0 Å². The first kappa shape index (κ1) is 7.28. The van der Waals surface area contributed by atoms with Gasteiger partial charge in [-0.15, -0.1) is 0 Å². The summed E-state index contributed by atoms with van der Waals surface area (Å²) in [6.07, 6.45) is 0. The molecule has 1 spiro atoms. The lowest BCUT2D eigenvalue weighted by molar-refractivity contribution is -0.0658. The molecule has 0 radical (unpaired) electrons. The Morgan fingerprint density at radius 3 is 2.40 bits per heavy atom. The molecule has 2 aliphatic heterocycles. The van der Waals surface area contributed by atoms with Crippen LogP contribution >= 0.6 is 21.6 Å². The van der Waals surface area contributed by atoms with E-state index in [1.165, 1.54) is 0 Å². The van der Waals surface area contributed by atoms with Gasteiger partial charge in [0.15, 0.2) is 4.27 Å². The quantitative estimate of drug-likeness (QED) is 0.446. The summed E-state index contributed by atoms with van der Waals surface area (Å²) in [6, 6.07) is 0. The molecule has 1 N–H and O–H groups in total. The lowest BCUT2D eigenvalue weighted by atomic mass is 10.1. The monoisotopic (exact) mass is 177 g/mol. The molecule has 2 heterocycles. The van der Waals surface area contributed by atoms with Gasteiger partial charge in [0.05, 0.1) is 5.60 Å². The van der Waals surface area contributed by atoms with Crippen LogP contribution in [0.3, 0.4) is 0 Å². The smallest absolute Gasteiger partial charge is 0.193 e. The topological polar surface area (TPSA) is 21.3 Å². The van der Waals surface area contributed by atoms with Gasteiger partial charge in [0.2, 0.25) is 0 Å². The number of nitrogens with one attached hydrogen (secondary N) is 1. The maximum Gasteiger partial charge on any atom is 0.193 e. The third-order valence-corrected chi connectivity index (χ3v) is 4.20. The number of hydrogen-bond donors (Lipinski definition) is 1. The maximum absolute atomic E-state index is 5.84. The summed E-state index contributed by atoms with van der Waals surface area (Å²) in [4.78, 5) is 0. The second kappa shape index (κ2) is 2.06. The van der Waals surface area contributed by atoms with Gasteiger partial charge >= 0.3 is 0 Å². The normalized spacial score (nSPS) is 34.2. The van der Waals surface area contributed by atoms with Crippen LogP contribution in [-0.4, -0.2) is 23.0 Å². The van der Waals surface area contributed by atoms with Crippen LogP contribution < -0.4 is 5.32 Å². The van der Waals surface area contributed by atoms with E-state index in [0.717, 1.165) is 13.1 Å². The Hall–Kier alpha value is 0.620. The van der Waals surface area contributed by atoms with E-state index in [-0.39, 0.29) is 9.87 Å². The third kappa shape index (κ3) is 1.30. The Labute approximate surface area is 68.9 Å². The molecule has 2 fully saturated rings. The molecule has 0 unspecified atom stereocenters.